The van der Waals surface area contributed by atoms with Crippen molar-refractivity contribution in [1.82, 2.24) is 25.0 Å². The third-order valence-corrected chi connectivity index (χ3v) is 7.67. The number of likely N-dealkylation sites (tertiary alicyclic amines) is 3. The van der Waals surface area contributed by atoms with Crippen molar-refractivity contribution in [2.45, 2.75) is 70.0 Å². The van der Waals surface area contributed by atoms with Crippen molar-refractivity contribution in [2.75, 3.05) is 39.8 Å². The van der Waals surface area contributed by atoms with Gasteiger partial charge in [0.2, 0.25) is 11.8 Å². The molecular weight excluding hydrogens is 402 g/mol. The molecule has 3 fully saturated rings. The summed E-state index contributed by atoms with van der Waals surface area (Å²) >= 11 is 0. The smallest absolute Gasteiger partial charge is 0.239 e. The number of amides is 2. The Bertz CT molecular complexity index is 742. The Kier molecular flexibility index (Phi) is 8.14. The van der Waals surface area contributed by atoms with Gasteiger partial charge >= 0.3 is 0 Å². The second-order valence-corrected chi connectivity index (χ2v) is 9.75. The lowest BCUT2D eigenvalue weighted by atomic mass is 9.92. The highest BCUT2D eigenvalue weighted by Crippen LogP contribution is 2.25. The number of carbonyl (C=O) groups excluding carboxylic acids is 2. The van der Waals surface area contributed by atoms with Crippen molar-refractivity contribution in [2.24, 2.45) is 5.92 Å². The summed E-state index contributed by atoms with van der Waals surface area (Å²) in [5.74, 6) is 0.599. The van der Waals surface area contributed by atoms with Gasteiger partial charge in [0.1, 0.15) is 0 Å². The Hall–Kier alpha value is -1.99. The van der Waals surface area contributed by atoms with Crippen LogP contribution < -0.4 is 5.32 Å². The number of likely N-dealkylation sites (N-methyl/N-ethyl adjacent to an activating group) is 1. The predicted molar refractivity (Wildman–Crippen MR) is 125 cm³/mol. The molecule has 0 aliphatic carbocycles. The lowest BCUT2D eigenvalue weighted by Crippen LogP contribution is -2.53. The normalized spacial score (nSPS) is 24.8. The van der Waals surface area contributed by atoms with Gasteiger partial charge in [-0.15, -0.1) is 0 Å². The second kappa shape index (κ2) is 11.2. The van der Waals surface area contributed by atoms with E-state index in [-0.39, 0.29) is 17.9 Å². The van der Waals surface area contributed by atoms with Crippen molar-refractivity contribution in [3.05, 3.63) is 30.1 Å². The number of nitrogens with zero attached hydrogens (tertiary/aromatic N) is 4. The van der Waals surface area contributed by atoms with Crippen LogP contribution in [-0.4, -0.2) is 83.4 Å². The van der Waals surface area contributed by atoms with E-state index in [9.17, 15) is 9.59 Å². The number of carbonyl (C=O) groups is 2. The zero-order chi connectivity index (χ0) is 22.3. The first-order valence-electron chi connectivity index (χ1n) is 12.5. The van der Waals surface area contributed by atoms with E-state index in [2.05, 4.69) is 32.0 Å². The predicted octanol–water partition coefficient (Wildman–Crippen LogP) is 2.28. The zero-order valence-electron chi connectivity index (χ0n) is 19.5. The maximum absolute atomic E-state index is 13.1. The maximum atomic E-state index is 13.1. The average molecular weight is 442 g/mol. The van der Waals surface area contributed by atoms with Gasteiger partial charge in [0.15, 0.2) is 0 Å². The molecule has 3 aliphatic heterocycles. The number of rotatable bonds is 5. The Morgan fingerprint density at radius 1 is 0.969 bits per heavy atom. The van der Waals surface area contributed by atoms with Crippen molar-refractivity contribution in [3.63, 3.8) is 0 Å². The SMILES string of the molecule is CN1CCCCC[C@H]1C(=O)N1CCC(N2CCC(C(=O)NCc3ccccn3)CC2)CC1. The number of hydrogen-bond donors (Lipinski definition) is 1. The van der Waals surface area contributed by atoms with Gasteiger partial charge in [-0.1, -0.05) is 18.9 Å². The summed E-state index contributed by atoms with van der Waals surface area (Å²) in [4.78, 5) is 36.9. The summed E-state index contributed by atoms with van der Waals surface area (Å²) in [6, 6.07) is 6.39. The Morgan fingerprint density at radius 2 is 1.75 bits per heavy atom. The van der Waals surface area contributed by atoms with E-state index >= 15 is 0 Å². The minimum Gasteiger partial charge on any atom is -0.350 e. The molecule has 4 heterocycles. The van der Waals surface area contributed by atoms with Gasteiger partial charge in [0, 0.05) is 31.2 Å². The molecule has 4 rings (SSSR count). The first-order chi connectivity index (χ1) is 15.6. The van der Waals surface area contributed by atoms with Crippen LogP contribution in [0.25, 0.3) is 0 Å². The van der Waals surface area contributed by atoms with Crippen LogP contribution in [0.3, 0.4) is 0 Å². The van der Waals surface area contributed by atoms with Crippen molar-refractivity contribution in [3.8, 4) is 0 Å². The second-order valence-electron chi connectivity index (χ2n) is 9.75. The molecule has 1 N–H and O–H groups in total. The van der Waals surface area contributed by atoms with Gasteiger partial charge in [-0.25, -0.2) is 0 Å². The lowest BCUT2D eigenvalue weighted by Gasteiger charge is -2.42. The molecule has 7 nitrogen and oxygen atoms in total. The van der Waals surface area contributed by atoms with Gasteiger partial charge in [-0.2, -0.15) is 0 Å². The number of nitrogens with one attached hydrogen (secondary N) is 1. The third kappa shape index (κ3) is 5.87. The van der Waals surface area contributed by atoms with E-state index in [1.807, 2.05) is 18.2 Å². The summed E-state index contributed by atoms with van der Waals surface area (Å²) in [5.41, 5.74) is 0.898. The largest absolute Gasteiger partial charge is 0.350 e. The minimum absolute atomic E-state index is 0.0781. The van der Waals surface area contributed by atoms with E-state index in [0.717, 1.165) is 70.5 Å². The standard InChI is InChI=1S/C25H39N5O2/c1-28-14-6-2-3-8-23(28)25(32)30-17-11-22(12-18-30)29-15-9-20(10-16-29)24(31)27-19-21-7-4-5-13-26-21/h4-5,7,13,20,22-23H,2-3,6,8-12,14-19H2,1H3,(H,27,31)/t23-/m0/s1. The van der Waals surface area contributed by atoms with Gasteiger partial charge in [-0.3, -0.25) is 19.5 Å². The Balaban J connectivity index is 1.18. The van der Waals surface area contributed by atoms with Gasteiger partial charge in [0.05, 0.1) is 18.3 Å². The van der Waals surface area contributed by atoms with Crippen LogP contribution in [0, 0.1) is 5.92 Å². The molecule has 0 spiro atoms. The third-order valence-electron chi connectivity index (χ3n) is 7.67. The molecule has 176 valence electrons. The Morgan fingerprint density at radius 3 is 2.47 bits per heavy atom. The minimum atomic E-state index is 0.0781. The number of piperidine rings is 2. The molecule has 0 aromatic carbocycles. The van der Waals surface area contributed by atoms with E-state index < -0.39 is 0 Å². The van der Waals surface area contributed by atoms with E-state index in [1.54, 1.807) is 6.20 Å². The van der Waals surface area contributed by atoms with Crippen LogP contribution in [0.4, 0.5) is 0 Å². The molecule has 1 aromatic rings. The molecule has 0 unspecified atom stereocenters. The number of aromatic nitrogens is 1. The summed E-state index contributed by atoms with van der Waals surface area (Å²) in [6.45, 7) is 5.24. The summed E-state index contributed by atoms with van der Waals surface area (Å²) in [5, 5.41) is 3.05. The highest BCUT2D eigenvalue weighted by Gasteiger charge is 2.34. The average Bonchev–Trinajstić information content (AvgIpc) is 3.07. The number of pyridine rings is 1. The topological polar surface area (TPSA) is 68.8 Å². The fraction of sp³-hybridized carbons (Fsp3) is 0.720. The lowest BCUT2D eigenvalue weighted by molar-refractivity contribution is -0.138. The van der Waals surface area contributed by atoms with Gasteiger partial charge < -0.3 is 15.1 Å². The summed E-state index contributed by atoms with van der Waals surface area (Å²) in [6.07, 6.45) is 10.3. The van der Waals surface area contributed by atoms with Crippen LogP contribution in [0.5, 0.6) is 0 Å². The fourth-order valence-electron chi connectivity index (χ4n) is 5.58. The molecule has 32 heavy (non-hydrogen) atoms. The molecule has 0 bridgehead atoms. The molecule has 7 heteroatoms. The summed E-state index contributed by atoms with van der Waals surface area (Å²) < 4.78 is 0. The molecule has 3 aliphatic rings. The molecule has 1 atom stereocenters. The van der Waals surface area contributed by atoms with Crippen LogP contribution in [0.2, 0.25) is 0 Å². The van der Waals surface area contributed by atoms with Crippen LogP contribution in [-0.2, 0) is 16.1 Å². The van der Waals surface area contributed by atoms with Gasteiger partial charge in [0.25, 0.3) is 0 Å². The molecular formula is C25H39N5O2. The van der Waals surface area contributed by atoms with Crippen molar-refractivity contribution >= 4 is 11.8 Å². The van der Waals surface area contributed by atoms with E-state index in [1.165, 1.54) is 19.3 Å². The number of hydrogen-bond acceptors (Lipinski definition) is 5. The van der Waals surface area contributed by atoms with Crippen LogP contribution in [0.15, 0.2) is 24.4 Å². The highest BCUT2D eigenvalue weighted by molar-refractivity contribution is 5.82. The Labute approximate surface area is 192 Å². The van der Waals surface area contributed by atoms with E-state index in [4.69, 9.17) is 0 Å². The summed E-state index contributed by atoms with van der Waals surface area (Å²) in [7, 11) is 2.11. The monoisotopic (exact) mass is 441 g/mol. The molecule has 2 amide bonds. The zero-order valence-corrected chi connectivity index (χ0v) is 19.5. The van der Waals surface area contributed by atoms with Crippen LogP contribution >= 0.6 is 0 Å². The highest BCUT2D eigenvalue weighted by atomic mass is 16.2. The fourth-order valence-corrected chi connectivity index (χ4v) is 5.58. The van der Waals surface area contributed by atoms with Crippen LogP contribution in [0.1, 0.15) is 57.1 Å². The maximum Gasteiger partial charge on any atom is 0.239 e. The van der Waals surface area contributed by atoms with Crippen molar-refractivity contribution in [1.29, 1.82) is 0 Å². The first kappa shape index (κ1) is 23.2. The van der Waals surface area contributed by atoms with Gasteiger partial charge in [-0.05, 0) is 77.3 Å². The molecule has 1 aromatic heterocycles. The van der Waals surface area contributed by atoms with E-state index in [0.29, 0.717) is 18.5 Å². The van der Waals surface area contributed by atoms with Crippen molar-refractivity contribution < 1.29 is 9.59 Å². The molecule has 0 radical (unpaired) electrons. The molecule has 3 saturated heterocycles. The molecule has 0 saturated carbocycles. The first-order valence-corrected chi connectivity index (χ1v) is 12.5. The quantitative estimate of drug-likeness (QED) is 0.759.